The van der Waals surface area contributed by atoms with Gasteiger partial charge in [0.15, 0.2) is 0 Å². The van der Waals surface area contributed by atoms with Gasteiger partial charge in [-0.2, -0.15) is 0 Å². The fraction of sp³-hybridized carbons (Fsp3) is 0.700. The lowest BCUT2D eigenvalue weighted by Gasteiger charge is -2.37. The number of carbonyl (C=O) groups is 1. The van der Waals surface area contributed by atoms with E-state index < -0.39 is 0 Å². The van der Waals surface area contributed by atoms with E-state index in [1.165, 1.54) is 0 Å². The number of hydrogen-bond donors (Lipinski definition) is 1. The summed E-state index contributed by atoms with van der Waals surface area (Å²) in [6, 6.07) is -0.249. The molecule has 0 aromatic rings. The van der Waals surface area contributed by atoms with E-state index in [0.29, 0.717) is 6.61 Å². The number of morpholine rings is 1. The monoisotopic (exact) mass is 183 g/mol. The van der Waals surface area contributed by atoms with Crippen LogP contribution < -0.4 is 5.32 Å². The molecule has 0 saturated carbocycles. The molecule has 0 bridgehead atoms. The Hall–Kier alpha value is -0.830. The summed E-state index contributed by atoms with van der Waals surface area (Å²) < 4.78 is 5.08. The van der Waals surface area contributed by atoms with Crippen LogP contribution in [0.2, 0.25) is 0 Å². The van der Waals surface area contributed by atoms with Crippen LogP contribution in [-0.4, -0.2) is 24.2 Å². The van der Waals surface area contributed by atoms with Gasteiger partial charge in [-0.15, -0.1) is 6.58 Å². The van der Waals surface area contributed by atoms with Gasteiger partial charge in [-0.3, -0.25) is 10.1 Å². The van der Waals surface area contributed by atoms with Crippen LogP contribution >= 0.6 is 0 Å². The van der Waals surface area contributed by atoms with Crippen molar-refractivity contribution in [3.8, 4) is 0 Å². The second kappa shape index (κ2) is 3.50. The van der Waals surface area contributed by atoms with E-state index >= 15 is 0 Å². The molecular weight excluding hydrogens is 166 g/mol. The highest BCUT2D eigenvalue weighted by molar-refractivity contribution is 5.77. The van der Waals surface area contributed by atoms with Gasteiger partial charge in [0.25, 0.3) is 0 Å². The predicted molar refractivity (Wildman–Crippen MR) is 51.3 cm³/mol. The minimum absolute atomic E-state index is 0.104. The molecule has 0 aliphatic carbocycles. The van der Waals surface area contributed by atoms with E-state index in [-0.39, 0.29) is 23.5 Å². The lowest BCUT2D eigenvalue weighted by Crippen LogP contribution is -2.59. The molecule has 1 heterocycles. The van der Waals surface area contributed by atoms with Crippen molar-refractivity contribution < 1.29 is 9.53 Å². The Kier molecular flexibility index (Phi) is 2.76. The van der Waals surface area contributed by atoms with Crippen molar-refractivity contribution in [1.29, 1.82) is 0 Å². The Morgan fingerprint density at radius 2 is 2.38 bits per heavy atom. The molecular formula is C10H17NO2. The summed E-state index contributed by atoms with van der Waals surface area (Å²) in [5.74, 6) is -0.0706. The molecule has 13 heavy (non-hydrogen) atoms. The summed E-state index contributed by atoms with van der Waals surface area (Å²) in [4.78, 5) is 11.3. The van der Waals surface area contributed by atoms with E-state index in [4.69, 9.17) is 4.74 Å². The van der Waals surface area contributed by atoms with E-state index in [9.17, 15) is 4.79 Å². The lowest BCUT2D eigenvalue weighted by atomic mass is 9.95. The molecule has 1 N–H and O–H groups in total. The molecule has 3 heteroatoms. The first-order chi connectivity index (χ1) is 5.96. The third-order valence-corrected chi connectivity index (χ3v) is 2.27. The Bertz CT molecular complexity index is 223. The molecule has 1 fully saturated rings. The summed E-state index contributed by atoms with van der Waals surface area (Å²) in [6.07, 6.45) is 1.76. The fourth-order valence-corrected chi connectivity index (χ4v) is 1.35. The molecule has 0 aromatic carbocycles. The van der Waals surface area contributed by atoms with Crippen LogP contribution in [0.15, 0.2) is 12.7 Å². The molecule has 1 aliphatic heterocycles. The third kappa shape index (κ3) is 2.31. The number of rotatable bonds is 2. The van der Waals surface area contributed by atoms with Crippen LogP contribution in [0.3, 0.4) is 0 Å². The fourth-order valence-electron chi connectivity index (χ4n) is 1.35. The summed E-state index contributed by atoms with van der Waals surface area (Å²) in [7, 11) is 0. The van der Waals surface area contributed by atoms with Gasteiger partial charge < -0.3 is 4.74 Å². The normalized spacial score (nSPS) is 29.2. The van der Waals surface area contributed by atoms with Gasteiger partial charge in [0.05, 0.1) is 0 Å². The number of cyclic esters (lactones) is 1. The third-order valence-electron chi connectivity index (χ3n) is 2.27. The quantitative estimate of drug-likeness (QED) is 0.514. The molecule has 2 unspecified atom stereocenters. The molecule has 74 valence electrons. The zero-order valence-corrected chi connectivity index (χ0v) is 8.46. The van der Waals surface area contributed by atoms with Gasteiger partial charge in [-0.1, -0.05) is 13.0 Å². The Balaban J connectivity index is 2.71. The number of nitrogens with one attached hydrogen (secondary N) is 1. The van der Waals surface area contributed by atoms with Gasteiger partial charge in [0.2, 0.25) is 0 Å². The zero-order chi connectivity index (χ0) is 10.1. The second-order valence-corrected chi connectivity index (χ2v) is 4.21. The SMILES string of the molecule is C=CC(C)C1NC(C)(C)COC1=O. The van der Waals surface area contributed by atoms with Crippen molar-refractivity contribution in [2.75, 3.05) is 6.61 Å². The molecule has 2 atom stereocenters. The van der Waals surface area contributed by atoms with Crippen molar-refractivity contribution >= 4 is 5.97 Å². The molecule has 1 rings (SSSR count). The highest BCUT2D eigenvalue weighted by Crippen LogP contribution is 2.17. The van der Waals surface area contributed by atoms with Crippen LogP contribution in [0.5, 0.6) is 0 Å². The van der Waals surface area contributed by atoms with Gasteiger partial charge in [-0.05, 0) is 19.8 Å². The van der Waals surface area contributed by atoms with E-state index in [0.717, 1.165) is 0 Å². The minimum Gasteiger partial charge on any atom is -0.463 e. The topological polar surface area (TPSA) is 38.3 Å². The van der Waals surface area contributed by atoms with Crippen LogP contribution in [0, 0.1) is 5.92 Å². The summed E-state index contributed by atoms with van der Waals surface area (Å²) in [5, 5.41) is 3.25. The average molecular weight is 183 g/mol. The van der Waals surface area contributed by atoms with Crippen molar-refractivity contribution in [1.82, 2.24) is 5.32 Å². The molecule has 3 nitrogen and oxygen atoms in total. The molecule has 1 saturated heterocycles. The average Bonchev–Trinajstić information content (AvgIpc) is 2.08. The van der Waals surface area contributed by atoms with Gasteiger partial charge >= 0.3 is 5.97 Å². The van der Waals surface area contributed by atoms with E-state index in [1.54, 1.807) is 6.08 Å². The number of ether oxygens (including phenoxy) is 1. The highest BCUT2D eigenvalue weighted by atomic mass is 16.5. The second-order valence-electron chi connectivity index (χ2n) is 4.21. The molecule has 0 aromatic heterocycles. The summed E-state index contributed by atoms with van der Waals surface area (Å²) >= 11 is 0. The standard InChI is InChI=1S/C10H17NO2/c1-5-7(2)8-9(12)13-6-10(3,4)11-8/h5,7-8,11H,1,6H2,2-4H3. The number of esters is 1. The smallest absolute Gasteiger partial charge is 0.323 e. The first-order valence-electron chi connectivity index (χ1n) is 4.53. The Morgan fingerprint density at radius 3 is 2.92 bits per heavy atom. The predicted octanol–water partition coefficient (Wildman–Crippen LogP) is 1.10. The minimum atomic E-state index is -0.249. The summed E-state index contributed by atoms with van der Waals surface area (Å²) in [5.41, 5.74) is -0.129. The molecule has 0 spiro atoms. The lowest BCUT2D eigenvalue weighted by molar-refractivity contribution is -0.155. The molecule has 1 aliphatic rings. The van der Waals surface area contributed by atoms with Crippen LogP contribution in [0.4, 0.5) is 0 Å². The maximum Gasteiger partial charge on any atom is 0.323 e. The van der Waals surface area contributed by atoms with Crippen molar-refractivity contribution in [2.45, 2.75) is 32.4 Å². The van der Waals surface area contributed by atoms with Gasteiger partial charge in [-0.25, -0.2) is 0 Å². The Morgan fingerprint density at radius 1 is 1.77 bits per heavy atom. The number of carbonyl (C=O) groups excluding carboxylic acids is 1. The Labute approximate surface area is 79.2 Å². The maximum absolute atomic E-state index is 11.3. The zero-order valence-electron chi connectivity index (χ0n) is 8.46. The van der Waals surface area contributed by atoms with Crippen LogP contribution in [-0.2, 0) is 9.53 Å². The summed E-state index contributed by atoms with van der Waals surface area (Å²) in [6.45, 7) is 10.1. The maximum atomic E-state index is 11.3. The highest BCUT2D eigenvalue weighted by Gasteiger charge is 2.36. The van der Waals surface area contributed by atoms with Crippen molar-refractivity contribution in [3.05, 3.63) is 12.7 Å². The van der Waals surface area contributed by atoms with Crippen LogP contribution in [0.1, 0.15) is 20.8 Å². The molecule has 0 radical (unpaired) electrons. The molecule has 0 amide bonds. The first kappa shape index (κ1) is 10.3. The van der Waals surface area contributed by atoms with Crippen molar-refractivity contribution in [3.63, 3.8) is 0 Å². The number of hydrogen-bond acceptors (Lipinski definition) is 3. The van der Waals surface area contributed by atoms with E-state index in [2.05, 4.69) is 11.9 Å². The van der Waals surface area contributed by atoms with Gasteiger partial charge in [0, 0.05) is 5.54 Å². The first-order valence-corrected chi connectivity index (χ1v) is 4.53. The van der Waals surface area contributed by atoms with Gasteiger partial charge in [0.1, 0.15) is 12.6 Å². The largest absolute Gasteiger partial charge is 0.463 e. The van der Waals surface area contributed by atoms with Crippen molar-refractivity contribution in [2.24, 2.45) is 5.92 Å². The van der Waals surface area contributed by atoms with Crippen LogP contribution in [0.25, 0.3) is 0 Å². The van der Waals surface area contributed by atoms with E-state index in [1.807, 2.05) is 20.8 Å².